The molecule has 0 radical (unpaired) electrons. The van der Waals surface area contributed by atoms with Crippen LogP contribution in [0.2, 0.25) is 0 Å². The molecule has 0 fully saturated rings. The number of fused-ring (bicyclic) bond motifs is 1. The molecule has 1 aromatic carbocycles. The highest BCUT2D eigenvalue weighted by Crippen LogP contribution is 2.37. The zero-order valence-corrected chi connectivity index (χ0v) is 14.0. The van der Waals surface area contributed by atoms with Crippen LogP contribution in [0.3, 0.4) is 0 Å². The minimum atomic E-state index is -3.55. The van der Waals surface area contributed by atoms with Crippen LogP contribution in [-0.4, -0.2) is 35.5 Å². The number of benzene rings is 1. The molecule has 23 heavy (non-hydrogen) atoms. The lowest BCUT2D eigenvalue weighted by Gasteiger charge is -2.19. The Morgan fingerprint density at radius 2 is 2.17 bits per heavy atom. The maximum atomic E-state index is 12.7. The average molecular weight is 336 g/mol. The average Bonchev–Trinajstić information content (AvgIpc) is 3.16. The molecule has 2 atom stereocenters. The predicted molar refractivity (Wildman–Crippen MR) is 85.1 cm³/mol. The summed E-state index contributed by atoms with van der Waals surface area (Å²) in [5.41, 5.74) is 1.97. The number of sulfonamides is 1. The van der Waals surface area contributed by atoms with Crippen LogP contribution in [0.1, 0.15) is 30.0 Å². The molecule has 8 heteroatoms. The minimum Gasteiger partial charge on any atom is -0.375 e. The number of nitrogens with zero attached hydrogens (tertiary/aromatic N) is 3. The highest BCUT2D eigenvalue weighted by Gasteiger charge is 2.41. The zero-order valence-electron chi connectivity index (χ0n) is 13.1. The van der Waals surface area contributed by atoms with Crippen molar-refractivity contribution in [2.45, 2.75) is 37.8 Å². The summed E-state index contributed by atoms with van der Waals surface area (Å²) in [7, 11) is -2.00. The quantitative estimate of drug-likeness (QED) is 0.851. The molecule has 1 aliphatic carbocycles. The van der Waals surface area contributed by atoms with Gasteiger partial charge in [0.2, 0.25) is 10.0 Å². The van der Waals surface area contributed by atoms with E-state index in [9.17, 15) is 8.42 Å². The van der Waals surface area contributed by atoms with Gasteiger partial charge in [0.25, 0.3) is 0 Å². The Morgan fingerprint density at radius 3 is 2.91 bits per heavy atom. The maximum absolute atomic E-state index is 12.7. The summed E-state index contributed by atoms with van der Waals surface area (Å²) in [5.74, 6) is 0.598. The Kier molecular flexibility index (Phi) is 4.47. The lowest BCUT2D eigenvalue weighted by atomic mass is 10.1. The van der Waals surface area contributed by atoms with Crippen molar-refractivity contribution in [3.63, 3.8) is 0 Å². The number of hydrogen-bond donors (Lipinski definition) is 1. The molecular formula is C15H20N4O3S. The highest BCUT2D eigenvalue weighted by atomic mass is 32.2. The SMILES string of the molecule is CCn1cnnc1CNS(=O)(=O)C1Cc2ccccc2C1OC. The van der Waals surface area contributed by atoms with Crippen molar-refractivity contribution in [2.24, 2.45) is 0 Å². The Hall–Kier alpha value is -1.77. The van der Waals surface area contributed by atoms with Gasteiger partial charge in [0, 0.05) is 13.7 Å². The van der Waals surface area contributed by atoms with E-state index >= 15 is 0 Å². The standard InChI is InChI=1S/C15H20N4O3S/c1-3-19-10-16-18-14(19)9-17-23(20,21)13-8-11-6-4-5-7-12(11)15(13)22-2/h4-7,10,13,15,17H,3,8-9H2,1-2H3. The van der Waals surface area contributed by atoms with Crippen LogP contribution in [0.5, 0.6) is 0 Å². The van der Waals surface area contributed by atoms with E-state index < -0.39 is 21.4 Å². The first-order valence-corrected chi connectivity index (χ1v) is 9.07. The minimum absolute atomic E-state index is 0.124. The first kappa shape index (κ1) is 16.1. The lowest BCUT2D eigenvalue weighted by molar-refractivity contribution is 0.107. The first-order chi connectivity index (χ1) is 11.1. The molecule has 7 nitrogen and oxygen atoms in total. The lowest BCUT2D eigenvalue weighted by Crippen LogP contribution is -2.37. The molecule has 3 rings (SSSR count). The van der Waals surface area contributed by atoms with Gasteiger partial charge in [-0.25, -0.2) is 13.1 Å². The Morgan fingerprint density at radius 1 is 1.39 bits per heavy atom. The molecule has 0 spiro atoms. The topological polar surface area (TPSA) is 86.1 Å². The zero-order chi connectivity index (χ0) is 16.4. The van der Waals surface area contributed by atoms with Crippen molar-refractivity contribution in [1.29, 1.82) is 0 Å². The number of nitrogens with one attached hydrogen (secondary N) is 1. The third kappa shape index (κ3) is 3.01. The number of methoxy groups -OCH3 is 1. The van der Waals surface area contributed by atoms with E-state index in [4.69, 9.17) is 4.74 Å². The molecule has 2 aromatic rings. The van der Waals surface area contributed by atoms with E-state index in [0.29, 0.717) is 18.8 Å². The molecule has 124 valence electrons. The summed E-state index contributed by atoms with van der Waals surface area (Å²) in [4.78, 5) is 0. The van der Waals surface area contributed by atoms with Gasteiger partial charge in [-0.2, -0.15) is 0 Å². The summed E-state index contributed by atoms with van der Waals surface area (Å²) in [6.07, 6.45) is 1.59. The maximum Gasteiger partial charge on any atom is 0.218 e. The molecule has 2 unspecified atom stereocenters. The molecule has 1 N–H and O–H groups in total. The van der Waals surface area contributed by atoms with Crippen LogP contribution in [0.15, 0.2) is 30.6 Å². The van der Waals surface area contributed by atoms with E-state index in [1.165, 1.54) is 0 Å². The summed E-state index contributed by atoms with van der Waals surface area (Å²) in [6.45, 7) is 2.77. The smallest absolute Gasteiger partial charge is 0.218 e. The predicted octanol–water partition coefficient (Wildman–Crippen LogP) is 1.03. The van der Waals surface area contributed by atoms with Gasteiger partial charge in [-0.1, -0.05) is 24.3 Å². The van der Waals surface area contributed by atoms with Crippen molar-refractivity contribution in [2.75, 3.05) is 7.11 Å². The van der Waals surface area contributed by atoms with Gasteiger partial charge in [0.15, 0.2) is 0 Å². The van der Waals surface area contributed by atoms with Crippen LogP contribution >= 0.6 is 0 Å². The van der Waals surface area contributed by atoms with Gasteiger partial charge in [-0.3, -0.25) is 0 Å². The number of aromatic nitrogens is 3. The molecule has 1 aromatic heterocycles. The van der Waals surface area contributed by atoms with Gasteiger partial charge in [-0.05, 0) is 24.5 Å². The summed E-state index contributed by atoms with van der Waals surface area (Å²) in [6, 6.07) is 7.69. The molecule has 1 aliphatic rings. The third-order valence-corrected chi connectivity index (χ3v) is 6.00. The highest BCUT2D eigenvalue weighted by molar-refractivity contribution is 7.90. The van der Waals surface area contributed by atoms with Gasteiger partial charge >= 0.3 is 0 Å². The fourth-order valence-corrected chi connectivity index (χ4v) is 4.55. The fourth-order valence-electron chi connectivity index (χ4n) is 3.03. The van der Waals surface area contributed by atoms with Crippen molar-refractivity contribution >= 4 is 10.0 Å². The third-order valence-electron chi connectivity index (χ3n) is 4.24. The molecular weight excluding hydrogens is 316 g/mol. The van der Waals surface area contributed by atoms with E-state index in [1.54, 1.807) is 18.0 Å². The Balaban J connectivity index is 1.78. The van der Waals surface area contributed by atoms with Gasteiger partial charge in [-0.15, -0.1) is 10.2 Å². The van der Waals surface area contributed by atoms with Gasteiger partial charge < -0.3 is 9.30 Å². The molecule has 0 saturated heterocycles. The molecule has 1 heterocycles. The largest absolute Gasteiger partial charge is 0.375 e. The normalized spacial score (nSPS) is 20.6. The molecule has 0 saturated carbocycles. The summed E-state index contributed by atoms with van der Waals surface area (Å²) < 4.78 is 35.4. The van der Waals surface area contributed by atoms with E-state index in [2.05, 4.69) is 14.9 Å². The van der Waals surface area contributed by atoms with Crippen LogP contribution in [-0.2, 0) is 34.3 Å². The van der Waals surface area contributed by atoms with Crippen molar-refractivity contribution in [3.05, 3.63) is 47.5 Å². The fraction of sp³-hybridized carbons (Fsp3) is 0.467. The number of rotatable bonds is 6. The summed E-state index contributed by atoms with van der Waals surface area (Å²) >= 11 is 0. The second-order valence-corrected chi connectivity index (χ2v) is 7.48. The van der Waals surface area contributed by atoms with E-state index in [1.807, 2.05) is 31.2 Å². The molecule has 0 amide bonds. The second kappa shape index (κ2) is 6.38. The van der Waals surface area contributed by atoms with E-state index in [-0.39, 0.29) is 6.54 Å². The first-order valence-electron chi connectivity index (χ1n) is 7.52. The van der Waals surface area contributed by atoms with Crippen LogP contribution < -0.4 is 4.72 Å². The molecule has 0 bridgehead atoms. The van der Waals surface area contributed by atoms with Crippen LogP contribution in [0.25, 0.3) is 0 Å². The number of aryl methyl sites for hydroxylation is 1. The number of hydrogen-bond acceptors (Lipinski definition) is 5. The summed E-state index contributed by atoms with van der Waals surface area (Å²) in [5, 5.41) is 7.12. The number of ether oxygens (including phenoxy) is 1. The monoisotopic (exact) mass is 336 g/mol. The second-order valence-electron chi connectivity index (χ2n) is 5.50. The molecule has 0 aliphatic heterocycles. The van der Waals surface area contributed by atoms with E-state index in [0.717, 1.165) is 11.1 Å². The Labute approximate surface area is 135 Å². The van der Waals surface area contributed by atoms with Crippen LogP contribution in [0.4, 0.5) is 0 Å². The van der Waals surface area contributed by atoms with Gasteiger partial charge in [0.1, 0.15) is 23.5 Å². The van der Waals surface area contributed by atoms with Crippen LogP contribution in [0, 0.1) is 0 Å². The van der Waals surface area contributed by atoms with Gasteiger partial charge in [0.05, 0.1) is 6.54 Å². The Bertz CT molecular complexity index is 788. The van der Waals surface area contributed by atoms with Crippen molar-refractivity contribution < 1.29 is 13.2 Å². The van der Waals surface area contributed by atoms with Crippen molar-refractivity contribution in [3.8, 4) is 0 Å². The van der Waals surface area contributed by atoms with Crippen molar-refractivity contribution in [1.82, 2.24) is 19.5 Å².